The van der Waals surface area contributed by atoms with Crippen LogP contribution in [0.3, 0.4) is 0 Å². The minimum atomic E-state index is -0.828. The first-order chi connectivity index (χ1) is 7.52. The van der Waals surface area contributed by atoms with E-state index in [2.05, 4.69) is 18.4 Å². The fourth-order valence-corrected chi connectivity index (χ4v) is 2.40. The van der Waals surface area contributed by atoms with Gasteiger partial charge in [-0.3, -0.25) is 0 Å². The van der Waals surface area contributed by atoms with Crippen molar-refractivity contribution in [2.75, 3.05) is 0 Å². The third-order valence-corrected chi connectivity index (χ3v) is 3.17. The van der Waals surface area contributed by atoms with Crippen LogP contribution in [-0.2, 0) is 0 Å². The Morgan fingerprint density at radius 1 is 1.44 bits per heavy atom. The molecule has 0 bridgehead atoms. The van der Waals surface area contributed by atoms with Gasteiger partial charge in [-0.2, -0.15) is 0 Å². The van der Waals surface area contributed by atoms with Crippen molar-refractivity contribution in [3.63, 3.8) is 0 Å². The van der Waals surface area contributed by atoms with Crippen molar-refractivity contribution in [1.29, 1.82) is 0 Å². The number of nitrogens with zero attached hydrogens (tertiary/aromatic N) is 1. The molecular weight excluding hydrogens is 202 g/mol. The number of carbonyl (C=O) groups is 1. The van der Waals surface area contributed by atoms with E-state index in [1.54, 1.807) is 6.07 Å². The maximum absolute atomic E-state index is 11.0. The van der Waals surface area contributed by atoms with Crippen molar-refractivity contribution in [2.24, 2.45) is 0 Å². The highest BCUT2D eigenvalue weighted by molar-refractivity contribution is 5.89. The van der Waals surface area contributed by atoms with E-state index < -0.39 is 5.97 Å². The number of aromatic nitrogens is 1. The Morgan fingerprint density at radius 3 is 2.44 bits per heavy atom. The molecule has 1 aromatic heterocycles. The first-order valence-electron chi connectivity index (χ1n) is 5.94. The summed E-state index contributed by atoms with van der Waals surface area (Å²) < 4.78 is 2.17. The summed E-state index contributed by atoms with van der Waals surface area (Å²) in [6, 6.07) is 2.20. The largest absolute Gasteiger partial charge is 0.478 e. The highest BCUT2D eigenvalue weighted by atomic mass is 16.4. The summed E-state index contributed by atoms with van der Waals surface area (Å²) in [5.74, 6) is -0.828. The minimum absolute atomic E-state index is 0.429. The molecule has 0 aromatic carbocycles. The van der Waals surface area contributed by atoms with Gasteiger partial charge in [0.05, 0.1) is 5.56 Å². The van der Waals surface area contributed by atoms with E-state index in [0.717, 1.165) is 30.7 Å². The molecule has 1 heterocycles. The molecule has 0 fully saturated rings. The van der Waals surface area contributed by atoms with E-state index in [4.69, 9.17) is 5.11 Å². The van der Waals surface area contributed by atoms with Gasteiger partial charge in [0, 0.05) is 17.4 Å². The summed E-state index contributed by atoms with van der Waals surface area (Å²) in [4.78, 5) is 11.0. The zero-order chi connectivity index (χ0) is 12.3. The highest BCUT2D eigenvalue weighted by Gasteiger charge is 2.18. The van der Waals surface area contributed by atoms with E-state index >= 15 is 0 Å². The van der Waals surface area contributed by atoms with Crippen molar-refractivity contribution in [3.05, 3.63) is 23.0 Å². The number of hydrogen-bond acceptors (Lipinski definition) is 1. The standard InChI is InChI=1S/C13H21NO2/c1-5-7-11(6-2)14-9(3)8-12(10(14)4)13(15)16/h8,11H,5-7H2,1-4H3,(H,15,16). The molecule has 0 aliphatic heterocycles. The van der Waals surface area contributed by atoms with Gasteiger partial charge in [-0.1, -0.05) is 20.3 Å². The molecular formula is C13H21NO2. The summed E-state index contributed by atoms with van der Waals surface area (Å²) in [7, 11) is 0. The van der Waals surface area contributed by atoms with Crippen LogP contribution in [0.1, 0.15) is 60.9 Å². The normalized spacial score (nSPS) is 12.8. The van der Waals surface area contributed by atoms with Gasteiger partial charge in [0.1, 0.15) is 0 Å². The molecule has 3 nitrogen and oxygen atoms in total. The Bertz CT molecular complexity index is 380. The van der Waals surface area contributed by atoms with Crippen molar-refractivity contribution >= 4 is 5.97 Å². The van der Waals surface area contributed by atoms with E-state index in [9.17, 15) is 4.79 Å². The molecule has 16 heavy (non-hydrogen) atoms. The molecule has 0 aliphatic rings. The maximum atomic E-state index is 11.0. The molecule has 1 rings (SSSR count). The van der Waals surface area contributed by atoms with Crippen LogP contribution in [0.4, 0.5) is 0 Å². The van der Waals surface area contributed by atoms with Crippen LogP contribution in [-0.4, -0.2) is 15.6 Å². The molecule has 90 valence electrons. The number of aromatic carboxylic acids is 1. The van der Waals surface area contributed by atoms with Gasteiger partial charge in [-0.05, 0) is 32.8 Å². The third kappa shape index (κ3) is 2.29. The quantitative estimate of drug-likeness (QED) is 0.829. The summed E-state index contributed by atoms with van der Waals surface area (Å²) >= 11 is 0. The Morgan fingerprint density at radius 2 is 2.06 bits per heavy atom. The SMILES string of the molecule is CCCC(CC)n1c(C)cc(C(=O)O)c1C. The average Bonchev–Trinajstić information content (AvgIpc) is 2.52. The molecule has 0 saturated carbocycles. The van der Waals surface area contributed by atoms with Crippen molar-refractivity contribution in [3.8, 4) is 0 Å². The first-order valence-corrected chi connectivity index (χ1v) is 5.94. The molecule has 1 N–H and O–H groups in total. The van der Waals surface area contributed by atoms with Crippen LogP contribution in [0.25, 0.3) is 0 Å². The minimum Gasteiger partial charge on any atom is -0.478 e. The van der Waals surface area contributed by atoms with Gasteiger partial charge in [-0.25, -0.2) is 4.79 Å². The zero-order valence-corrected chi connectivity index (χ0v) is 10.6. The fraction of sp³-hybridized carbons (Fsp3) is 0.615. The van der Waals surface area contributed by atoms with E-state index in [0.29, 0.717) is 11.6 Å². The lowest BCUT2D eigenvalue weighted by Crippen LogP contribution is -2.12. The van der Waals surface area contributed by atoms with E-state index in [1.165, 1.54) is 0 Å². The van der Waals surface area contributed by atoms with Crippen LogP contribution in [0, 0.1) is 13.8 Å². The second kappa shape index (κ2) is 5.19. The van der Waals surface area contributed by atoms with Gasteiger partial charge in [-0.15, -0.1) is 0 Å². The van der Waals surface area contributed by atoms with E-state index in [-0.39, 0.29) is 0 Å². The number of aryl methyl sites for hydroxylation is 1. The van der Waals surface area contributed by atoms with Crippen molar-refractivity contribution in [1.82, 2.24) is 4.57 Å². The van der Waals surface area contributed by atoms with Gasteiger partial charge in [0.2, 0.25) is 0 Å². The molecule has 0 spiro atoms. The Kier molecular flexibility index (Phi) is 4.16. The number of hydrogen-bond donors (Lipinski definition) is 1. The predicted octanol–water partition coefficient (Wildman–Crippen LogP) is 3.55. The topological polar surface area (TPSA) is 42.2 Å². The van der Waals surface area contributed by atoms with Crippen LogP contribution in [0.5, 0.6) is 0 Å². The predicted molar refractivity (Wildman–Crippen MR) is 65.1 cm³/mol. The van der Waals surface area contributed by atoms with Crippen LogP contribution < -0.4 is 0 Å². The Hall–Kier alpha value is -1.25. The molecule has 3 heteroatoms. The van der Waals surface area contributed by atoms with Crippen molar-refractivity contribution in [2.45, 2.75) is 53.0 Å². The van der Waals surface area contributed by atoms with Crippen LogP contribution >= 0.6 is 0 Å². The zero-order valence-electron chi connectivity index (χ0n) is 10.6. The first kappa shape index (κ1) is 12.8. The second-order valence-electron chi connectivity index (χ2n) is 4.31. The van der Waals surface area contributed by atoms with Crippen LogP contribution in [0.15, 0.2) is 6.07 Å². The van der Waals surface area contributed by atoms with Crippen molar-refractivity contribution < 1.29 is 9.90 Å². The molecule has 0 aliphatic carbocycles. The molecule has 1 aromatic rings. The maximum Gasteiger partial charge on any atom is 0.337 e. The molecule has 1 atom stereocenters. The van der Waals surface area contributed by atoms with Crippen LogP contribution in [0.2, 0.25) is 0 Å². The molecule has 0 amide bonds. The van der Waals surface area contributed by atoms with Gasteiger partial charge in [0.15, 0.2) is 0 Å². The molecule has 0 radical (unpaired) electrons. The van der Waals surface area contributed by atoms with Gasteiger partial charge in [0.25, 0.3) is 0 Å². The van der Waals surface area contributed by atoms with E-state index in [1.807, 2.05) is 13.8 Å². The summed E-state index contributed by atoms with van der Waals surface area (Å²) in [6.07, 6.45) is 3.27. The Balaban J connectivity index is 3.16. The van der Waals surface area contributed by atoms with Gasteiger partial charge < -0.3 is 9.67 Å². The smallest absolute Gasteiger partial charge is 0.337 e. The molecule has 0 saturated heterocycles. The number of rotatable bonds is 5. The summed E-state index contributed by atoms with van der Waals surface area (Å²) in [5, 5.41) is 9.07. The lowest BCUT2D eigenvalue weighted by Gasteiger charge is -2.20. The fourth-order valence-electron chi connectivity index (χ4n) is 2.40. The summed E-state index contributed by atoms with van der Waals surface area (Å²) in [5.41, 5.74) is 2.37. The lowest BCUT2D eigenvalue weighted by molar-refractivity contribution is 0.0696. The third-order valence-electron chi connectivity index (χ3n) is 3.17. The highest BCUT2D eigenvalue weighted by Crippen LogP contribution is 2.25. The monoisotopic (exact) mass is 223 g/mol. The number of carboxylic acids is 1. The van der Waals surface area contributed by atoms with Gasteiger partial charge >= 0.3 is 5.97 Å². The summed E-state index contributed by atoms with van der Waals surface area (Å²) in [6.45, 7) is 8.20. The number of carboxylic acid groups (broad SMARTS) is 1. The second-order valence-corrected chi connectivity index (χ2v) is 4.31. The molecule has 1 unspecified atom stereocenters. The Labute approximate surface area is 97.1 Å². The average molecular weight is 223 g/mol. The lowest BCUT2D eigenvalue weighted by atomic mass is 10.1.